The molecule has 4 heterocycles. The number of hydrogen-bond donors (Lipinski definition) is 1. The maximum absolute atomic E-state index is 13.9. The zero-order chi connectivity index (χ0) is 30.1. The molecular formula is C31H37N5O5S2. The van der Waals surface area contributed by atoms with Gasteiger partial charge in [-0.05, 0) is 49.6 Å². The number of carboxylic acids is 1. The van der Waals surface area contributed by atoms with E-state index >= 15 is 0 Å². The number of likely N-dealkylation sites (N-methyl/N-ethyl adjacent to an activating group) is 1. The third kappa shape index (κ3) is 6.06. The van der Waals surface area contributed by atoms with Crippen molar-refractivity contribution in [1.29, 1.82) is 0 Å². The van der Waals surface area contributed by atoms with Crippen LogP contribution in [0.2, 0.25) is 0 Å². The number of hydrogen-bond acceptors (Lipinski definition) is 8. The first-order valence-electron chi connectivity index (χ1n) is 14.9. The van der Waals surface area contributed by atoms with Crippen molar-refractivity contribution in [3.05, 3.63) is 59.6 Å². The van der Waals surface area contributed by atoms with E-state index in [-0.39, 0.29) is 28.8 Å². The molecule has 2 saturated heterocycles. The minimum Gasteiger partial charge on any atom is -0.477 e. The molecule has 3 fully saturated rings. The number of rotatable bonds is 7. The Kier molecular flexibility index (Phi) is 8.54. The van der Waals surface area contributed by atoms with Crippen LogP contribution in [0.1, 0.15) is 41.8 Å². The molecule has 1 atom stereocenters. The van der Waals surface area contributed by atoms with Crippen molar-refractivity contribution in [2.45, 2.75) is 43.0 Å². The summed E-state index contributed by atoms with van der Waals surface area (Å²) in [6.07, 6.45) is 6.21. The highest BCUT2D eigenvalue weighted by Crippen LogP contribution is 2.42. The zero-order valence-electron chi connectivity index (χ0n) is 24.3. The van der Waals surface area contributed by atoms with E-state index in [1.165, 1.54) is 10.5 Å². The summed E-state index contributed by atoms with van der Waals surface area (Å²) in [5.41, 5.74) is 1.23. The van der Waals surface area contributed by atoms with Gasteiger partial charge in [0.2, 0.25) is 15.9 Å². The summed E-state index contributed by atoms with van der Waals surface area (Å²) in [6, 6.07) is 14.1. The minimum absolute atomic E-state index is 0.0575. The highest BCUT2D eigenvalue weighted by Gasteiger charge is 2.44. The predicted octanol–water partition coefficient (Wildman–Crippen LogP) is 4.25. The van der Waals surface area contributed by atoms with Crippen LogP contribution in [0.5, 0.6) is 0 Å². The summed E-state index contributed by atoms with van der Waals surface area (Å²) in [5, 5.41) is 10.2. The number of sulfonamides is 1. The second kappa shape index (κ2) is 12.4. The fourth-order valence-corrected chi connectivity index (χ4v) is 8.84. The van der Waals surface area contributed by atoms with Crippen LogP contribution in [0.15, 0.2) is 59.6 Å². The first-order valence-corrected chi connectivity index (χ1v) is 17.1. The van der Waals surface area contributed by atoms with Crippen LogP contribution >= 0.6 is 11.3 Å². The van der Waals surface area contributed by atoms with E-state index in [2.05, 4.69) is 21.8 Å². The van der Waals surface area contributed by atoms with Gasteiger partial charge < -0.3 is 19.8 Å². The van der Waals surface area contributed by atoms with Gasteiger partial charge in [0.25, 0.3) is 0 Å². The van der Waals surface area contributed by atoms with Crippen molar-refractivity contribution < 1.29 is 23.1 Å². The number of thiophene rings is 1. The third-order valence-corrected chi connectivity index (χ3v) is 11.9. The lowest BCUT2D eigenvalue weighted by Gasteiger charge is -2.44. The number of carboxylic acid groups (broad SMARTS) is 1. The van der Waals surface area contributed by atoms with Gasteiger partial charge >= 0.3 is 5.97 Å². The molecule has 0 radical (unpaired) electrons. The van der Waals surface area contributed by atoms with Crippen molar-refractivity contribution in [1.82, 2.24) is 14.2 Å². The lowest BCUT2D eigenvalue weighted by molar-refractivity contribution is -0.121. The number of anilines is 2. The second-order valence-electron chi connectivity index (χ2n) is 11.7. The monoisotopic (exact) mass is 623 g/mol. The van der Waals surface area contributed by atoms with E-state index in [1.807, 2.05) is 30.3 Å². The van der Waals surface area contributed by atoms with Gasteiger partial charge in [0.1, 0.15) is 15.6 Å². The average molecular weight is 624 g/mol. The molecule has 1 N–H and O–H groups in total. The largest absolute Gasteiger partial charge is 0.477 e. The molecule has 10 nitrogen and oxygen atoms in total. The molecule has 2 aliphatic heterocycles. The van der Waals surface area contributed by atoms with Crippen LogP contribution in [0.3, 0.4) is 0 Å². The second-order valence-corrected chi connectivity index (χ2v) is 14.7. The summed E-state index contributed by atoms with van der Waals surface area (Å²) in [7, 11) is -1.94. The first kappa shape index (κ1) is 29.7. The number of amides is 1. The van der Waals surface area contributed by atoms with Crippen molar-refractivity contribution in [2.24, 2.45) is 5.92 Å². The molecular weight excluding hydrogens is 587 g/mol. The number of piperazine rings is 2. The lowest BCUT2D eigenvalue weighted by Crippen LogP contribution is -2.60. The number of benzene rings is 1. The van der Waals surface area contributed by atoms with E-state index in [9.17, 15) is 23.1 Å². The Balaban J connectivity index is 1.31. The highest BCUT2D eigenvalue weighted by molar-refractivity contribution is 7.89. The van der Waals surface area contributed by atoms with Gasteiger partial charge in [0.15, 0.2) is 0 Å². The van der Waals surface area contributed by atoms with Gasteiger partial charge in [-0.2, -0.15) is 4.31 Å². The molecule has 1 saturated carbocycles. The molecule has 43 heavy (non-hydrogen) atoms. The smallest absolute Gasteiger partial charge is 0.348 e. The summed E-state index contributed by atoms with van der Waals surface area (Å²) in [6.45, 7) is 3.22. The van der Waals surface area contributed by atoms with Crippen LogP contribution in [0.25, 0.3) is 10.4 Å². The van der Waals surface area contributed by atoms with Crippen LogP contribution in [0.4, 0.5) is 11.5 Å². The quantitative estimate of drug-likeness (QED) is 0.416. The Morgan fingerprint density at radius 2 is 1.72 bits per heavy atom. The number of nitrogens with zero attached hydrogens (tertiary/aromatic N) is 5. The normalized spacial score (nSPS) is 21.3. The maximum atomic E-state index is 13.9. The van der Waals surface area contributed by atoms with Crippen molar-refractivity contribution >= 4 is 44.7 Å². The Hall–Kier alpha value is -3.32. The number of aromatic nitrogens is 1. The number of carbonyl (C=O) groups excluding carboxylic acids is 1. The van der Waals surface area contributed by atoms with Gasteiger partial charge in [-0.15, -0.1) is 11.3 Å². The molecule has 0 bridgehead atoms. The molecule has 12 heteroatoms. The molecule has 1 aliphatic carbocycles. The SMILES string of the molecule is CN1CCN(c2ccc(S(=O)(=O)N3CC(=O)N(c4cc(-c5ccccc5)sc4C(=O)O)[C@H](C4CCCCC4)C3)cn2)CC1. The van der Waals surface area contributed by atoms with Crippen LogP contribution < -0.4 is 9.80 Å². The third-order valence-electron chi connectivity index (χ3n) is 8.91. The topological polar surface area (TPSA) is 114 Å². The van der Waals surface area contributed by atoms with Gasteiger partial charge in [0, 0.05) is 43.8 Å². The zero-order valence-corrected chi connectivity index (χ0v) is 25.9. The Labute approximate surface area is 256 Å². The average Bonchev–Trinajstić information content (AvgIpc) is 3.47. The number of pyridine rings is 1. The summed E-state index contributed by atoms with van der Waals surface area (Å²) < 4.78 is 29.1. The molecule has 6 rings (SSSR count). The van der Waals surface area contributed by atoms with Gasteiger partial charge in [-0.1, -0.05) is 49.6 Å². The first-order chi connectivity index (χ1) is 20.7. The van der Waals surface area contributed by atoms with Crippen molar-refractivity contribution in [3.63, 3.8) is 0 Å². The van der Waals surface area contributed by atoms with E-state index in [0.29, 0.717) is 5.69 Å². The number of aromatic carboxylic acids is 1. The lowest BCUT2D eigenvalue weighted by atomic mass is 9.82. The van der Waals surface area contributed by atoms with E-state index in [0.717, 1.165) is 85.9 Å². The molecule has 1 amide bonds. The molecule has 2 aromatic heterocycles. The fourth-order valence-electron chi connectivity index (χ4n) is 6.50. The molecule has 3 aliphatic rings. The van der Waals surface area contributed by atoms with Gasteiger partial charge in [-0.3, -0.25) is 4.79 Å². The molecule has 1 aromatic carbocycles. The fraction of sp³-hybridized carbons (Fsp3) is 0.452. The van der Waals surface area contributed by atoms with Crippen molar-refractivity contribution in [2.75, 3.05) is 56.1 Å². The summed E-state index contributed by atoms with van der Waals surface area (Å²) in [5.74, 6) is -0.706. The van der Waals surface area contributed by atoms with Gasteiger partial charge in [0.05, 0.1) is 18.3 Å². The van der Waals surface area contributed by atoms with E-state index in [1.54, 1.807) is 23.1 Å². The maximum Gasteiger partial charge on any atom is 0.348 e. The van der Waals surface area contributed by atoms with Crippen molar-refractivity contribution in [3.8, 4) is 10.4 Å². The summed E-state index contributed by atoms with van der Waals surface area (Å²) in [4.78, 5) is 37.7. The molecule has 228 valence electrons. The van der Waals surface area contributed by atoms with E-state index in [4.69, 9.17) is 0 Å². The van der Waals surface area contributed by atoms with Crippen LogP contribution in [0, 0.1) is 5.92 Å². The van der Waals surface area contributed by atoms with Crippen LogP contribution in [-0.4, -0.2) is 91.9 Å². The Morgan fingerprint density at radius 1 is 1.00 bits per heavy atom. The summed E-state index contributed by atoms with van der Waals surface area (Å²) >= 11 is 1.14. The van der Waals surface area contributed by atoms with Gasteiger partial charge in [-0.25, -0.2) is 18.2 Å². The predicted molar refractivity (Wildman–Crippen MR) is 167 cm³/mol. The van der Waals surface area contributed by atoms with Crippen LogP contribution in [-0.2, 0) is 14.8 Å². The standard InChI is InChI=1S/C31H37N5O5S2/c1-33-14-16-34(17-15-33)28-13-12-24(19-32-28)43(40,41)35-20-26(22-8-4-2-5-9-22)36(29(37)21-35)25-18-27(42-30(25)31(38)39)23-10-6-3-7-11-23/h3,6-7,10-13,18-19,22,26H,2,4-5,8-9,14-17,20-21H2,1H3,(H,38,39)/t26-/m0/s1. The Bertz CT molecular complexity index is 1560. The number of carbonyl (C=O) groups is 2. The Morgan fingerprint density at radius 3 is 2.37 bits per heavy atom. The van der Waals surface area contributed by atoms with E-state index < -0.39 is 27.9 Å². The molecule has 3 aromatic rings. The minimum atomic E-state index is -4.01. The molecule has 0 spiro atoms. The molecule has 0 unspecified atom stereocenters. The highest BCUT2D eigenvalue weighted by atomic mass is 32.2.